The second kappa shape index (κ2) is 8.99. The molecule has 0 bridgehead atoms. The number of hydrogen-bond acceptors (Lipinski definition) is 4. The zero-order valence-electron chi connectivity index (χ0n) is 16.0. The molecule has 0 spiro atoms. The van der Waals surface area contributed by atoms with Crippen LogP contribution in [0.25, 0.3) is 0 Å². The Bertz CT molecular complexity index is 605. The summed E-state index contributed by atoms with van der Waals surface area (Å²) >= 11 is 0. The third-order valence-corrected chi connectivity index (χ3v) is 4.64. The van der Waals surface area contributed by atoms with Crippen molar-refractivity contribution in [1.82, 2.24) is 24.7 Å². The highest BCUT2D eigenvalue weighted by Gasteiger charge is 2.28. The van der Waals surface area contributed by atoms with Gasteiger partial charge in [0.05, 0.1) is 5.69 Å². The van der Waals surface area contributed by atoms with Gasteiger partial charge in [-0.3, -0.25) is 9.59 Å². The van der Waals surface area contributed by atoms with Crippen LogP contribution < -0.4 is 5.32 Å². The number of nitrogens with zero attached hydrogens (tertiary/aromatic N) is 4. The van der Waals surface area contributed by atoms with Gasteiger partial charge in [-0.05, 0) is 60.2 Å². The molecule has 0 saturated carbocycles. The highest BCUT2D eigenvalue weighted by Crippen LogP contribution is 2.22. The molecule has 0 atom stereocenters. The molecule has 1 aromatic rings. The summed E-state index contributed by atoms with van der Waals surface area (Å²) < 4.78 is 1.96. The third kappa shape index (κ3) is 4.60. The van der Waals surface area contributed by atoms with E-state index >= 15 is 0 Å². The van der Waals surface area contributed by atoms with Gasteiger partial charge in [-0.15, -0.1) is 0 Å². The molecule has 1 aromatic heterocycles. The van der Waals surface area contributed by atoms with Crippen molar-refractivity contribution >= 4 is 11.8 Å². The number of imidazole rings is 1. The lowest BCUT2D eigenvalue weighted by Crippen LogP contribution is -2.33. The molecule has 25 heavy (non-hydrogen) atoms. The Morgan fingerprint density at radius 3 is 2.56 bits per heavy atom. The van der Waals surface area contributed by atoms with Crippen molar-refractivity contribution in [1.29, 1.82) is 0 Å². The third-order valence-electron chi connectivity index (χ3n) is 4.64. The van der Waals surface area contributed by atoms with Crippen LogP contribution in [0.15, 0.2) is 0 Å². The lowest BCUT2D eigenvalue weighted by atomic mass is 10.1. The van der Waals surface area contributed by atoms with Crippen molar-refractivity contribution in [2.45, 2.75) is 46.1 Å². The smallest absolute Gasteiger partial charge is 0.289 e. The largest absolute Gasteiger partial charge is 0.351 e. The first-order valence-corrected chi connectivity index (χ1v) is 9.31. The number of carbonyl (C=O) groups is 2. The van der Waals surface area contributed by atoms with Crippen LogP contribution in [-0.2, 0) is 13.0 Å². The van der Waals surface area contributed by atoms with E-state index in [4.69, 9.17) is 0 Å². The van der Waals surface area contributed by atoms with Gasteiger partial charge in [0, 0.05) is 26.2 Å². The Balaban J connectivity index is 2.18. The van der Waals surface area contributed by atoms with Gasteiger partial charge in [-0.2, -0.15) is 0 Å². The molecular weight excluding hydrogens is 318 g/mol. The molecule has 7 heteroatoms. The number of fused-ring (bicyclic) bond motifs is 1. The molecule has 0 fully saturated rings. The van der Waals surface area contributed by atoms with Gasteiger partial charge in [-0.1, -0.05) is 0 Å². The van der Waals surface area contributed by atoms with Crippen LogP contribution >= 0.6 is 0 Å². The quantitative estimate of drug-likeness (QED) is 0.720. The average Bonchev–Trinajstić information content (AvgIpc) is 2.99. The predicted molar refractivity (Wildman–Crippen MR) is 97.9 cm³/mol. The lowest BCUT2D eigenvalue weighted by Gasteiger charge is -2.21. The van der Waals surface area contributed by atoms with Crippen LogP contribution in [0.3, 0.4) is 0 Å². The molecule has 2 heterocycles. The molecule has 140 valence electrons. The van der Waals surface area contributed by atoms with Crippen LogP contribution in [0.4, 0.5) is 0 Å². The van der Waals surface area contributed by atoms with Crippen LogP contribution in [0.1, 0.15) is 59.9 Å². The Kier molecular flexibility index (Phi) is 6.99. The fourth-order valence-electron chi connectivity index (χ4n) is 3.22. The summed E-state index contributed by atoms with van der Waals surface area (Å²) in [5, 5.41) is 2.95. The first-order valence-electron chi connectivity index (χ1n) is 9.31. The molecular formula is C18H31N5O2. The van der Waals surface area contributed by atoms with Crippen molar-refractivity contribution < 1.29 is 9.59 Å². The van der Waals surface area contributed by atoms with Crippen molar-refractivity contribution in [2.24, 2.45) is 0 Å². The highest BCUT2D eigenvalue weighted by molar-refractivity contribution is 5.97. The minimum Gasteiger partial charge on any atom is -0.351 e. The van der Waals surface area contributed by atoms with Crippen LogP contribution in [-0.4, -0.2) is 71.4 Å². The summed E-state index contributed by atoms with van der Waals surface area (Å²) in [5.41, 5.74) is 1.34. The Morgan fingerprint density at radius 1 is 1.20 bits per heavy atom. The Labute approximate surface area is 150 Å². The van der Waals surface area contributed by atoms with E-state index in [1.807, 2.05) is 32.5 Å². The van der Waals surface area contributed by atoms with Gasteiger partial charge in [0.25, 0.3) is 11.8 Å². The molecule has 2 rings (SSSR count). The molecule has 0 unspecified atom stereocenters. The molecule has 1 N–H and O–H groups in total. The first kappa shape index (κ1) is 19.4. The van der Waals surface area contributed by atoms with E-state index in [0.717, 1.165) is 44.5 Å². The van der Waals surface area contributed by atoms with Gasteiger partial charge in [-0.25, -0.2) is 4.98 Å². The first-order chi connectivity index (χ1) is 12.0. The van der Waals surface area contributed by atoms with E-state index in [-0.39, 0.29) is 11.8 Å². The second-order valence-electron chi connectivity index (χ2n) is 6.73. The maximum absolute atomic E-state index is 12.8. The molecule has 2 amide bonds. The zero-order chi connectivity index (χ0) is 18.4. The van der Waals surface area contributed by atoms with E-state index in [9.17, 15) is 9.59 Å². The summed E-state index contributed by atoms with van der Waals surface area (Å²) in [6.45, 7) is 7.50. The molecule has 0 aliphatic carbocycles. The molecule has 0 aromatic carbocycles. The number of nitrogens with one attached hydrogen (secondary N) is 1. The monoisotopic (exact) mass is 349 g/mol. The fourth-order valence-corrected chi connectivity index (χ4v) is 3.22. The van der Waals surface area contributed by atoms with Gasteiger partial charge < -0.3 is 19.7 Å². The standard InChI is InChI=1S/C18H31N5O2/c1-5-22(6-2)18(25)16-20-15(14-10-7-8-13-23(14)16)17(24)19-11-9-12-21(3)4/h5-13H2,1-4H3,(H,19,24). The Morgan fingerprint density at radius 2 is 1.92 bits per heavy atom. The number of hydrogen-bond donors (Lipinski definition) is 1. The van der Waals surface area contributed by atoms with Crippen LogP contribution in [0, 0.1) is 0 Å². The molecule has 1 aliphatic heterocycles. The van der Waals surface area contributed by atoms with Crippen LogP contribution in [0.5, 0.6) is 0 Å². The van der Waals surface area contributed by atoms with E-state index in [1.165, 1.54) is 0 Å². The highest BCUT2D eigenvalue weighted by atomic mass is 16.2. The normalized spacial score (nSPS) is 13.6. The maximum atomic E-state index is 12.8. The number of rotatable bonds is 8. The average molecular weight is 349 g/mol. The van der Waals surface area contributed by atoms with Gasteiger partial charge in [0.1, 0.15) is 5.69 Å². The summed E-state index contributed by atoms with van der Waals surface area (Å²) in [6.07, 6.45) is 3.75. The van der Waals surface area contributed by atoms with Gasteiger partial charge in [0.15, 0.2) is 5.82 Å². The van der Waals surface area contributed by atoms with Gasteiger partial charge in [0.2, 0.25) is 0 Å². The van der Waals surface area contributed by atoms with E-state index < -0.39 is 0 Å². The molecule has 0 saturated heterocycles. The maximum Gasteiger partial charge on any atom is 0.289 e. The molecule has 7 nitrogen and oxygen atoms in total. The summed E-state index contributed by atoms with van der Waals surface area (Å²) in [5.74, 6) is 0.166. The Hall–Kier alpha value is -1.89. The van der Waals surface area contributed by atoms with Crippen molar-refractivity contribution in [3.05, 3.63) is 17.2 Å². The summed E-state index contributed by atoms with van der Waals surface area (Å²) in [7, 11) is 4.03. The zero-order valence-corrected chi connectivity index (χ0v) is 16.0. The van der Waals surface area contributed by atoms with Crippen LogP contribution in [0.2, 0.25) is 0 Å². The van der Waals surface area contributed by atoms with E-state index in [2.05, 4.69) is 15.2 Å². The van der Waals surface area contributed by atoms with Crippen molar-refractivity contribution in [2.75, 3.05) is 40.3 Å². The van der Waals surface area contributed by atoms with Crippen molar-refractivity contribution in [3.63, 3.8) is 0 Å². The number of aromatic nitrogens is 2. The summed E-state index contributed by atoms with van der Waals surface area (Å²) in [6, 6.07) is 0. The SMILES string of the molecule is CCN(CC)C(=O)c1nc(C(=O)NCCCN(C)C)c2n1CCCC2. The number of carbonyl (C=O) groups excluding carboxylic acids is 2. The van der Waals surface area contributed by atoms with Crippen molar-refractivity contribution in [3.8, 4) is 0 Å². The fraction of sp³-hybridized carbons (Fsp3) is 0.722. The predicted octanol–water partition coefficient (Wildman–Crippen LogP) is 1.38. The van der Waals surface area contributed by atoms with Gasteiger partial charge >= 0.3 is 0 Å². The molecule has 0 radical (unpaired) electrons. The molecule has 1 aliphatic rings. The summed E-state index contributed by atoms with van der Waals surface area (Å²) in [4.78, 5) is 33.6. The lowest BCUT2D eigenvalue weighted by molar-refractivity contribution is 0.0754. The number of amides is 2. The van der Waals surface area contributed by atoms with E-state index in [1.54, 1.807) is 4.90 Å². The topological polar surface area (TPSA) is 70.5 Å². The minimum absolute atomic E-state index is 0.0835. The van der Waals surface area contributed by atoms with E-state index in [0.29, 0.717) is 31.2 Å². The minimum atomic E-state index is -0.164. The second-order valence-corrected chi connectivity index (χ2v) is 6.73.